The molecule has 0 atom stereocenters. The second-order valence-corrected chi connectivity index (χ2v) is 8.27. The van der Waals surface area contributed by atoms with Gasteiger partial charge in [-0.1, -0.05) is 46.7 Å². The fourth-order valence-corrected chi connectivity index (χ4v) is 4.05. The highest BCUT2D eigenvalue weighted by atomic mass is 16.2. The second kappa shape index (κ2) is 8.35. The SMILES string of the molecule is Cc1ccc(NC(=O)Cn2cc(Cn3c4ccccc4c(=O)c4cc(C)ccc43)nn2)cc1. The summed E-state index contributed by atoms with van der Waals surface area (Å²) in [6, 6.07) is 21.1. The molecule has 0 unspecified atom stereocenters. The van der Waals surface area contributed by atoms with Gasteiger partial charge in [-0.25, -0.2) is 4.68 Å². The highest BCUT2D eigenvalue weighted by Crippen LogP contribution is 2.21. The lowest BCUT2D eigenvalue weighted by Gasteiger charge is -2.14. The number of aromatic nitrogens is 4. The van der Waals surface area contributed by atoms with Crippen LogP contribution in [0.2, 0.25) is 0 Å². The van der Waals surface area contributed by atoms with Gasteiger partial charge in [0.2, 0.25) is 5.91 Å². The highest BCUT2D eigenvalue weighted by molar-refractivity contribution is 5.94. The van der Waals surface area contributed by atoms with Crippen LogP contribution in [-0.2, 0) is 17.9 Å². The number of carbonyl (C=O) groups is 1. The zero-order chi connectivity index (χ0) is 22.9. The van der Waals surface area contributed by atoms with Gasteiger partial charge in [-0.15, -0.1) is 5.10 Å². The van der Waals surface area contributed by atoms with Crippen LogP contribution in [0.3, 0.4) is 0 Å². The van der Waals surface area contributed by atoms with Crippen LogP contribution in [0.5, 0.6) is 0 Å². The van der Waals surface area contributed by atoms with Gasteiger partial charge in [0.15, 0.2) is 5.43 Å². The summed E-state index contributed by atoms with van der Waals surface area (Å²) in [5, 5.41) is 12.6. The number of para-hydroxylation sites is 1. The summed E-state index contributed by atoms with van der Waals surface area (Å²) in [7, 11) is 0. The Morgan fingerprint density at radius 2 is 1.64 bits per heavy atom. The van der Waals surface area contributed by atoms with Gasteiger partial charge in [-0.05, 0) is 50.2 Å². The lowest BCUT2D eigenvalue weighted by Crippen LogP contribution is -2.19. The molecule has 7 heteroatoms. The van der Waals surface area contributed by atoms with Crippen molar-refractivity contribution in [1.29, 1.82) is 0 Å². The molecule has 3 aromatic carbocycles. The number of pyridine rings is 1. The van der Waals surface area contributed by atoms with E-state index in [1.54, 1.807) is 6.20 Å². The third-order valence-corrected chi connectivity index (χ3v) is 5.67. The van der Waals surface area contributed by atoms with E-state index >= 15 is 0 Å². The Labute approximate surface area is 190 Å². The standard InChI is InChI=1S/C26H23N5O2/c1-17-7-10-19(11-8-17)27-25(32)16-30-14-20(28-29-30)15-31-23-6-4-3-5-21(23)26(33)22-13-18(2)9-12-24(22)31/h3-14H,15-16H2,1-2H3,(H,27,32). The molecule has 2 heterocycles. The molecular weight excluding hydrogens is 414 g/mol. The quantitative estimate of drug-likeness (QED) is 0.421. The summed E-state index contributed by atoms with van der Waals surface area (Å²) in [5.74, 6) is -0.176. The molecule has 0 saturated heterocycles. The van der Waals surface area contributed by atoms with Crippen LogP contribution in [0.25, 0.3) is 21.8 Å². The van der Waals surface area contributed by atoms with Gasteiger partial charge in [0.25, 0.3) is 0 Å². The molecule has 1 N–H and O–H groups in total. The molecule has 0 spiro atoms. The van der Waals surface area contributed by atoms with Gasteiger partial charge in [-0.2, -0.15) is 0 Å². The number of rotatable bonds is 5. The molecule has 1 amide bonds. The van der Waals surface area contributed by atoms with E-state index in [0.717, 1.165) is 27.8 Å². The third-order valence-electron chi connectivity index (χ3n) is 5.67. The van der Waals surface area contributed by atoms with Crippen molar-refractivity contribution >= 4 is 33.4 Å². The summed E-state index contributed by atoms with van der Waals surface area (Å²) in [6.45, 7) is 4.47. The first-order valence-corrected chi connectivity index (χ1v) is 10.8. The van der Waals surface area contributed by atoms with Crippen molar-refractivity contribution in [2.75, 3.05) is 5.32 Å². The Morgan fingerprint density at radius 3 is 2.45 bits per heavy atom. The lowest BCUT2D eigenvalue weighted by molar-refractivity contribution is -0.116. The number of anilines is 1. The van der Waals surface area contributed by atoms with Crippen LogP contribution < -0.4 is 10.7 Å². The molecule has 2 aromatic heterocycles. The summed E-state index contributed by atoms with van der Waals surface area (Å²) >= 11 is 0. The van der Waals surface area contributed by atoms with Gasteiger partial charge in [-0.3, -0.25) is 9.59 Å². The van der Waals surface area contributed by atoms with Crippen LogP contribution in [0.15, 0.2) is 77.7 Å². The number of nitrogens with zero attached hydrogens (tertiary/aromatic N) is 4. The molecule has 164 valence electrons. The highest BCUT2D eigenvalue weighted by Gasteiger charge is 2.13. The summed E-state index contributed by atoms with van der Waals surface area (Å²) < 4.78 is 3.60. The first-order valence-electron chi connectivity index (χ1n) is 10.8. The number of amides is 1. The van der Waals surface area contributed by atoms with E-state index in [4.69, 9.17) is 0 Å². The second-order valence-electron chi connectivity index (χ2n) is 8.27. The smallest absolute Gasteiger partial charge is 0.246 e. The summed E-state index contributed by atoms with van der Waals surface area (Å²) in [4.78, 5) is 25.5. The minimum Gasteiger partial charge on any atom is -0.334 e. The molecule has 0 aliphatic carbocycles. The Bertz CT molecular complexity index is 1550. The average Bonchev–Trinajstić information content (AvgIpc) is 3.25. The molecular formula is C26H23N5O2. The van der Waals surface area contributed by atoms with Crippen molar-refractivity contribution in [3.05, 3.63) is 100.0 Å². The van der Waals surface area contributed by atoms with E-state index in [-0.39, 0.29) is 17.9 Å². The Kier molecular flexibility index (Phi) is 5.22. The normalized spacial score (nSPS) is 11.2. The van der Waals surface area contributed by atoms with Crippen molar-refractivity contribution in [3.8, 4) is 0 Å². The van der Waals surface area contributed by atoms with Crippen LogP contribution in [0.4, 0.5) is 5.69 Å². The topological polar surface area (TPSA) is 81.8 Å². The lowest BCUT2D eigenvalue weighted by atomic mass is 10.1. The number of hydrogen-bond donors (Lipinski definition) is 1. The molecule has 0 fully saturated rings. The van der Waals surface area contributed by atoms with Crippen molar-refractivity contribution in [2.24, 2.45) is 0 Å². The maximum atomic E-state index is 13.0. The van der Waals surface area contributed by atoms with E-state index in [2.05, 4.69) is 20.2 Å². The molecule has 0 bridgehead atoms. The van der Waals surface area contributed by atoms with E-state index < -0.39 is 0 Å². The molecule has 5 rings (SSSR count). The zero-order valence-corrected chi connectivity index (χ0v) is 18.4. The first-order chi connectivity index (χ1) is 16.0. The van der Waals surface area contributed by atoms with Gasteiger partial charge >= 0.3 is 0 Å². The number of benzene rings is 3. The minimum absolute atomic E-state index is 0.0250. The molecule has 0 aliphatic heterocycles. The van der Waals surface area contributed by atoms with Crippen LogP contribution in [0.1, 0.15) is 16.8 Å². The number of hydrogen-bond acceptors (Lipinski definition) is 4. The predicted octanol–water partition coefficient (Wildman–Crippen LogP) is 4.05. The number of carbonyl (C=O) groups excluding carboxylic acids is 1. The monoisotopic (exact) mass is 437 g/mol. The molecule has 33 heavy (non-hydrogen) atoms. The minimum atomic E-state index is -0.176. The molecule has 0 aliphatic rings. The van der Waals surface area contributed by atoms with Crippen molar-refractivity contribution in [2.45, 2.75) is 26.9 Å². The largest absolute Gasteiger partial charge is 0.334 e. The van der Waals surface area contributed by atoms with Gasteiger partial charge < -0.3 is 9.88 Å². The van der Waals surface area contributed by atoms with Crippen molar-refractivity contribution in [1.82, 2.24) is 19.6 Å². The predicted molar refractivity (Wildman–Crippen MR) is 129 cm³/mol. The summed E-state index contributed by atoms with van der Waals surface area (Å²) in [5.41, 5.74) is 5.32. The Hall–Kier alpha value is -4.26. The molecule has 0 radical (unpaired) electrons. The fraction of sp³-hybridized carbons (Fsp3) is 0.154. The van der Waals surface area contributed by atoms with Gasteiger partial charge in [0, 0.05) is 16.5 Å². The van der Waals surface area contributed by atoms with E-state index in [1.165, 1.54) is 4.68 Å². The molecule has 7 nitrogen and oxygen atoms in total. The maximum absolute atomic E-state index is 13.0. The zero-order valence-electron chi connectivity index (χ0n) is 18.4. The first kappa shape index (κ1) is 20.6. The third kappa shape index (κ3) is 4.13. The summed E-state index contributed by atoms with van der Waals surface area (Å²) in [6.07, 6.45) is 1.77. The van der Waals surface area contributed by atoms with Crippen LogP contribution >= 0.6 is 0 Å². The number of aryl methyl sites for hydroxylation is 2. The van der Waals surface area contributed by atoms with Crippen LogP contribution in [0, 0.1) is 13.8 Å². The van der Waals surface area contributed by atoms with E-state index in [9.17, 15) is 9.59 Å². The fourth-order valence-electron chi connectivity index (χ4n) is 4.05. The van der Waals surface area contributed by atoms with E-state index in [1.807, 2.05) is 80.6 Å². The van der Waals surface area contributed by atoms with Crippen LogP contribution in [-0.4, -0.2) is 25.5 Å². The maximum Gasteiger partial charge on any atom is 0.246 e. The Balaban J connectivity index is 1.44. The van der Waals surface area contributed by atoms with Crippen molar-refractivity contribution < 1.29 is 4.79 Å². The van der Waals surface area contributed by atoms with Gasteiger partial charge in [0.1, 0.15) is 12.2 Å². The molecule has 5 aromatic rings. The Morgan fingerprint density at radius 1 is 0.909 bits per heavy atom. The number of nitrogens with one attached hydrogen (secondary N) is 1. The van der Waals surface area contributed by atoms with Gasteiger partial charge in [0.05, 0.1) is 23.8 Å². The van der Waals surface area contributed by atoms with E-state index in [0.29, 0.717) is 23.0 Å². The average molecular weight is 438 g/mol. The molecule has 0 saturated carbocycles. The van der Waals surface area contributed by atoms with Crippen molar-refractivity contribution in [3.63, 3.8) is 0 Å². The number of fused-ring (bicyclic) bond motifs is 2.